The summed E-state index contributed by atoms with van der Waals surface area (Å²) in [5, 5.41) is 10.4. The zero-order valence-corrected chi connectivity index (χ0v) is 8.40. The van der Waals surface area contributed by atoms with E-state index in [1.54, 1.807) is 19.6 Å². The van der Waals surface area contributed by atoms with E-state index in [0.29, 0.717) is 18.9 Å². The highest BCUT2D eigenvalue weighted by molar-refractivity contribution is 5.12. The summed E-state index contributed by atoms with van der Waals surface area (Å²) in [6, 6.07) is 1.89. The Balaban J connectivity index is 2.03. The molecular formula is C11H16O3. The number of hydrogen-bond acceptors (Lipinski definition) is 3. The second-order valence-corrected chi connectivity index (χ2v) is 4.12. The fraction of sp³-hybridized carbons (Fsp3) is 0.636. The van der Waals surface area contributed by atoms with Crippen LogP contribution in [0, 0.1) is 5.92 Å². The van der Waals surface area contributed by atoms with Gasteiger partial charge >= 0.3 is 0 Å². The van der Waals surface area contributed by atoms with Gasteiger partial charge < -0.3 is 14.3 Å². The average Bonchev–Trinajstić information content (AvgIpc) is 2.89. The SMILES string of the molecule is COCC(O)(Cc1ccoc1)C1CC1. The molecule has 3 heteroatoms. The van der Waals surface area contributed by atoms with Crippen LogP contribution in [0.25, 0.3) is 0 Å². The Hall–Kier alpha value is -0.800. The predicted octanol–water partition coefficient (Wildman–Crippen LogP) is 1.61. The molecule has 1 aromatic heterocycles. The molecule has 0 amide bonds. The Labute approximate surface area is 83.7 Å². The van der Waals surface area contributed by atoms with Gasteiger partial charge in [0.1, 0.15) is 0 Å². The summed E-state index contributed by atoms with van der Waals surface area (Å²) in [7, 11) is 1.63. The first-order valence-corrected chi connectivity index (χ1v) is 4.97. The van der Waals surface area contributed by atoms with E-state index in [-0.39, 0.29) is 0 Å². The lowest BCUT2D eigenvalue weighted by atomic mass is 9.91. The van der Waals surface area contributed by atoms with Crippen molar-refractivity contribution in [3.63, 3.8) is 0 Å². The molecule has 3 nitrogen and oxygen atoms in total. The van der Waals surface area contributed by atoms with E-state index in [0.717, 1.165) is 18.4 Å². The minimum atomic E-state index is -0.696. The van der Waals surface area contributed by atoms with Crippen LogP contribution in [0.2, 0.25) is 0 Å². The van der Waals surface area contributed by atoms with E-state index in [9.17, 15) is 5.11 Å². The Bertz CT molecular complexity index is 277. The van der Waals surface area contributed by atoms with E-state index in [1.807, 2.05) is 6.07 Å². The van der Waals surface area contributed by atoms with Gasteiger partial charge in [-0.3, -0.25) is 0 Å². The summed E-state index contributed by atoms with van der Waals surface area (Å²) < 4.78 is 10.1. The van der Waals surface area contributed by atoms with Gasteiger partial charge in [-0.1, -0.05) is 0 Å². The second-order valence-electron chi connectivity index (χ2n) is 4.12. The monoisotopic (exact) mass is 196 g/mol. The summed E-state index contributed by atoms with van der Waals surface area (Å²) in [6.45, 7) is 0.406. The lowest BCUT2D eigenvalue weighted by Gasteiger charge is -2.26. The Morgan fingerprint density at radius 3 is 2.93 bits per heavy atom. The molecule has 2 rings (SSSR count). The molecule has 78 valence electrons. The van der Waals surface area contributed by atoms with Gasteiger partial charge in [0, 0.05) is 13.5 Å². The lowest BCUT2D eigenvalue weighted by Crippen LogP contribution is -2.39. The van der Waals surface area contributed by atoms with Gasteiger partial charge in [0.2, 0.25) is 0 Å². The number of rotatable bonds is 5. The van der Waals surface area contributed by atoms with Crippen LogP contribution in [-0.4, -0.2) is 24.4 Å². The maximum Gasteiger partial charge on any atom is 0.0949 e. The maximum absolute atomic E-state index is 10.4. The minimum absolute atomic E-state index is 0.400. The zero-order valence-electron chi connectivity index (χ0n) is 8.40. The molecule has 1 unspecified atom stereocenters. The van der Waals surface area contributed by atoms with Crippen molar-refractivity contribution in [2.24, 2.45) is 5.92 Å². The summed E-state index contributed by atoms with van der Waals surface area (Å²) in [5.74, 6) is 0.400. The first-order valence-electron chi connectivity index (χ1n) is 4.97. The first kappa shape index (κ1) is 9.74. The molecule has 0 saturated heterocycles. The van der Waals surface area contributed by atoms with Crippen molar-refractivity contribution in [1.82, 2.24) is 0 Å². The molecule has 0 aliphatic heterocycles. The lowest BCUT2D eigenvalue weighted by molar-refractivity contribution is -0.0475. The van der Waals surface area contributed by atoms with Gasteiger partial charge in [-0.25, -0.2) is 0 Å². The van der Waals surface area contributed by atoms with Gasteiger partial charge in [0.05, 0.1) is 24.7 Å². The third-order valence-corrected chi connectivity index (χ3v) is 2.82. The van der Waals surface area contributed by atoms with Gasteiger partial charge in [-0.2, -0.15) is 0 Å². The summed E-state index contributed by atoms with van der Waals surface area (Å²) in [5.41, 5.74) is 0.343. The van der Waals surface area contributed by atoms with E-state index in [4.69, 9.17) is 9.15 Å². The van der Waals surface area contributed by atoms with Gasteiger partial charge in [0.25, 0.3) is 0 Å². The van der Waals surface area contributed by atoms with E-state index >= 15 is 0 Å². The van der Waals surface area contributed by atoms with E-state index in [2.05, 4.69) is 0 Å². The van der Waals surface area contributed by atoms with Crippen LogP contribution < -0.4 is 0 Å². The largest absolute Gasteiger partial charge is 0.472 e. The molecule has 1 aliphatic carbocycles. The molecule has 1 N–H and O–H groups in total. The van der Waals surface area contributed by atoms with Gasteiger partial charge in [-0.05, 0) is 30.4 Å². The first-order chi connectivity index (χ1) is 6.74. The standard InChI is InChI=1S/C11H16O3/c1-13-8-11(12,10-2-3-10)6-9-4-5-14-7-9/h4-5,7,10,12H,2-3,6,8H2,1H3. The highest BCUT2D eigenvalue weighted by Crippen LogP contribution is 2.41. The molecule has 0 aromatic carbocycles. The Morgan fingerprint density at radius 1 is 1.64 bits per heavy atom. The number of aliphatic hydroxyl groups is 1. The number of hydrogen-bond donors (Lipinski definition) is 1. The van der Waals surface area contributed by atoms with Crippen LogP contribution in [-0.2, 0) is 11.2 Å². The Morgan fingerprint density at radius 2 is 2.43 bits per heavy atom. The normalized spacial score (nSPS) is 20.7. The number of methoxy groups -OCH3 is 1. The minimum Gasteiger partial charge on any atom is -0.472 e. The van der Waals surface area contributed by atoms with Crippen molar-refractivity contribution >= 4 is 0 Å². The fourth-order valence-electron chi connectivity index (χ4n) is 1.93. The van der Waals surface area contributed by atoms with Crippen LogP contribution in [0.5, 0.6) is 0 Å². The molecule has 0 bridgehead atoms. The van der Waals surface area contributed by atoms with Crippen LogP contribution in [0.15, 0.2) is 23.0 Å². The van der Waals surface area contributed by atoms with Crippen molar-refractivity contribution in [2.75, 3.05) is 13.7 Å². The molecule has 0 spiro atoms. The molecule has 1 aliphatic rings. The zero-order chi connectivity index (χ0) is 10.0. The quantitative estimate of drug-likeness (QED) is 0.778. The molecule has 1 aromatic rings. The van der Waals surface area contributed by atoms with Crippen molar-refractivity contribution < 1.29 is 14.3 Å². The molecule has 1 fully saturated rings. The molecule has 1 heterocycles. The average molecular weight is 196 g/mol. The fourth-order valence-corrected chi connectivity index (χ4v) is 1.93. The summed E-state index contributed by atoms with van der Waals surface area (Å²) in [6.07, 6.45) is 6.16. The maximum atomic E-state index is 10.4. The van der Waals surface area contributed by atoms with Crippen molar-refractivity contribution in [3.05, 3.63) is 24.2 Å². The third kappa shape index (κ3) is 1.99. The summed E-state index contributed by atoms with van der Waals surface area (Å²) in [4.78, 5) is 0. The van der Waals surface area contributed by atoms with Crippen LogP contribution in [0.1, 0.15) is 18.4 Å². The van der Waals surface area contributed by atoms with E-state index < -0.39 is 5.60 Å². The van der Waals surface area contributed by atoms with Crippen molar-refractivity contribution in [1.29, 1.82) is 0 Å². The summed E-state index contributed by atoms with van der Waals surface area (Å²) >= 11 is 0. The second kappa shape index (κ2) is 3.75. The molecule has 1 saturated carbocycles. The van der Waals surface area contributed by atoms with Gasteiger partial charge in [-0.15, -0.1) is 0 Å². The Kier molecular flexibility index (Phi) is 2.61. The number of furan rings is 1. The van der Waals surface area contributed by atoms with Crippen molar-refractivity contribution in [3.8, 4) is 0 Å². The number of ether oxygens (including phenoxy) is 1. The van der Waals surface area contributed by atoms with Crippen LogP contribution >= 0.6 is 0 Å². The molecule has 0 radical (unpaired) electrons. The smallest absolute Gasteiger partial charge is 0.0949 e. The molecule has 14 heavy (non-hydrogen) atoms. The highest BCUT2D eigenvalue weighted by atomic mass is 16.5. The topological polar surface area (TPSA) is 42.6 Å². The van der Waals surface area contributed by atoms with Gasteiger partial charge in [0.15, 0.2) is 0 Å². The van der Waals surface area contributed by atoms with Crippen LogP contribution in [0.3, 0.4) is 0 Å². The van der Waals surface area contributed by atoms with Crippen LogP contribution in [0.4, 0.5) is 0 Å². The highest BCUT2D eigenvalue weighted by Gasteiger charge is 2.43. The molecular weight excluding hydrogens is 180 g/mol. The van der Waals surface area contributed by atoms with Crippen molar-refractivity contribution in [2.45, 2.75) is 24.9 Å². The predicted molar refractivity (Wildman–Crippen MR) is 52.0 cm³/mol. The van der Waals surface area contributed by atoms with E-state index in [1.165, 1.54) is 0 Å². The molecule has 1 atom stereocenters. The third-order valence-electron chi connectivity index (χ3n) is 2.82.